The van der Waals surface area contributed by atoms with Crippen molar-refractivity contribution < 1.29 is 9.59 Å². The molecule has 0 fully saturated rings. The van der Waals surface area contributed by atoms with Crippen LogP contribution >= 0.6 is 0 Å². The Morgan fingerprint density at radius 3 is 2.42 bits per heavy atom. The lowest BCUT2D eigenvalue weighted by molar-refractivity contribution is -0.116. The molecule has 4 rings (SSSR count). The number of fused-ring (bicyclic) bond motifs is 1. The van der Waals surface area contributed by atoms with Gasteiger partial charge in [-0.25, -0.2) is 0 Å². The van der Waals surface area contributed by atoms with Crippen LogP contribution in [0.15, 0.2) is 72.8 Å². The van der Waals surface area contributed by atoms with Crippen LogP contribution in [0.3, 0.4) is 0 Å². The normalized spacial score (nSPS) is 12.9. The summed E-state index contributed by atoms with van der Waals surface area (Å²) in [6.07, 6.45) is 2.01. The molecule has 1 aliphatic heterocycles. The first-order valence-electron chi connectivity index (χ1n) is 11.6. The summed E-state index contributed by atoms with van der Waals surface area (Å²) < 4.78 is 0. The van der Waals surface area contributed by atoms with Crippen LogP contribution in [0, 0.1) is 0 Å². The average Bonchev–Trinajstić information content (AvgIpc) is 2.82. The van der Waals surface area contributed by atoms with Gasteiger partial charge in [0.15, 0.2) is 0 Å². The summed E-state index contributed by atoms with van der Waals surface area (Å²) in [4.78, 5) is 27.9. The Labute approximate surface area is 195 Å². The lowest BCUT2D eigenvalue weighted by Gasteiger charge is -2.32. The van der Waals surface area contributed by atoms with E-state index in [0.29, 0.717) is 24.1 Å². The summed E-state index contributed by atoms with van der Waals surface area (Å²) in [6, 6.07) is 24.1. The maximum absolute atomic E-state index is 13.1. The Morgan fingerprint density at radius 1 is 0.939 bits per heavy atom. The van der Waals surface area contributed by atoms with Crippen LogP contribution in [0.2, 0.25) is 0 Å². The number of nitrogens with zero attached hydrogens (tertiary/aromatic N) is 1. The van der Waals surface area contributed by atoms with Crippen LogP contribution in [-0.2, 0) is 24.2 Å². The van der Waals surface area contributed by atoms with Crippen LogP contribution in [0.5, 0.6) is 0 Å². The third-order valence-corrected chi connectivity index (χ3v) is 5.90. The van der Waals surface area contributed by atoms with Crippen molar-refractivity contribution in [2.75, 3.05) is 16.8 Å². The molecule has 0 aromatic heterocycles. The number of benzene rings is 3. The summed E-state index contributed by atoms with van der Waals surface area (Å²) in [5.74, 6) is -0.187. The highest BCUT2D eigenvalue weighted by Crippen LogP contribution is 2.29. The molecule has 0 unspecified atom stereocenters. The molecule has 5 nitrogen and oxygen atoms in total. The maximum Gasteiger partial charge on any atom is 0.253 e. The van der Waals surface area contributed by atoms with Gasteiger partial charge in [-0.15, -0.1) is 0 Å². The van der Waals surface area contributed by atoms with Crippen LogP contribution in [-0.4, -0.2) is 24.4 Å². The van der Waals surface area contributed by atoms with Gasteiger partial charge in [-0.05, 0) is 61.6 Å². The van der Waals surface area contributed by atoms with Crippen molar-refractivity contribution >= 4 is 23.2 Å². The lowest BCUT2D eigenvalue weighted by Crippen LogP contribution is -2.35. The Kier molecular flexibility index (Phi) is 7.08. The van der Waals surface area contributed by atoms with Gasteiger partial charge in [0.25, 0.3) is 5.91 Å². The van der Waals surface area contributed by atoms with Gasteiger partial charge in [0.1, 0.15) is 0 Å². The Hall–Kier alpha value is -3.60. The van der Waals surface area contributed by atoms with Crippen LogP contribution in [0.1, 0.15) is 47.3 Å². The molecule has 5 heteroatoms. The molecule has 0 radical (unpaired) electrons. The zero-order chi connectivity index (χ0) is 23.2. The zero-order valence-corrected chi connectivity index (χ0v) is 19.3. The molecule has 2 amide bonds. The molecule has 1 heterocycles. The number of aryl methyl sites for hydroxylation is 1. The van der Waals surface area contributed by atoms with E-state index in [2.05, 4.69) is 39.8 Å². The monoisotopic (exact) mass is 441 g/mol. The molecule has 2 N–H and O–H groups in total. The first-order chi connectivity index (χ1) is 16.0. The van der Waals surface area contributed by atoms with E-state index in [1.54, 1.807) is 6.07 Å². The van der Waals surface area contributed by atoms with Crippen LogP contribution in [0.4, 0.5) is 11.4 Å². The summed E-state index contributed by atoms with van der Waals surface area (Å²) in [7, 11) is 0. The molecule has 33 heavy (non-hydrogen) atoms. The van der Waals surface area contributed by atoms with Gasteiger partial charge < -0.3 is 15.5 Å². The highest BCUT2D eigenvalue weighted by atomic mass is 16.2. The Morgan fingerprint density at radius 2 is 1.67 bits per heavy atom. The number of amides is 2. The highest BCUT2D eigenvalue weighted by Gasteiger charge is 2.22. The van der Waals surface area contributed by atoms with Gasteiger partial charge in [-0.3, -0.25) is 9.59 Å². The van der Waals surface area contributed by atoms with Gasteiger partial charge in [-0.1, -0.05) is 54.6 Å². The highest BCUT2D eigenvalue weighted by molar-refractivity contribution is 6.02. The van der Waals surface area contributed by atoms with Gasteiger partial charge in [0.05, 0.1) is 5.56 Å². The minimum Gasteiger partial charge on any atom is -0.366 e. The summed E-state index contributed by atoms with van der Waals surface area (Å²) in [5.41, 5.74) is 5.91. The predicted molar refractivity (Wildman–Crippen MR) is 134 cm³/mol. The first kappa shape index (κ1) is 22.6. The first-order valence-corrected chi connectivity index (χ1v) is 11.6. The van der Waals surface area contributed by atoms with Crippen molar-refractivity contribution in [2.24, 2.45) is 0 Å². The largest absolute Gasteiger partial charge is 0.366 e. The molecule has 0 saturated carbocycles. The van der Waals surface area contributed by atoms with Gasteiger partial charge in [-0.2, -0.15) is 0 Å². The van der Waals surface area contributed by atoms with E-state index >= 15 is 0 Å². The number of hydrogen-bond donors (Lipinski definition) is 2. The van der Waals surface area contributed by atoms with Crippen molar-refractivity contribution in [3.8, 4) is 0 Å². The molecule has 0 atom stereocenters. The van der Waals surface area contributed by atoms with E-state index in [0.717, 1.165) is 30.8 Å². The second-order valence-corrected chi connectivity index (χ2v) is 8.83. The van der Waals surface area contributed by atoms with Crippen molar-refractivity contribution in [1.29, 1.82) is 0 Å². The van der Waals surface area contributed by atoms with Crippen molar-refractivity contribution in [3.05, 3.63) is 95.1 Å². The average molecular weight is 442 g/mol. The topological polar surface area (TPSA) is 61.4 Å². The van der Waals surface area contributed by atoms with E-state index < -0.39 is 0 Å². The fraction of sp³-hybridized carbons (Fsp3) is 0.286. The van der Waals surface area contributed by atoms with E-state index in [1.807, 2.05) is 56.3 Å². The van der Waals surface area contributed by atoms with Crippen molar-refractivity contribution in [3.63, 3.8) is 0 Å². The minimum atomic E-state index is -0.126. The number of hydrogen-bond acceptors (Lipinski definition) is 3. The van der Waals surface area contributed by atoms with Crippen molar-refractivity contribution in [2.45, 2.75) is 45.7 Å². The van der Waals surface area contributed by atoms with Gasteiger partial charge in [0, 0.05) is 36.9 Å². The van der Waals surface area contributed by atoms with E-state index in [9.17, 15) is 9.59 Å². The van der Waals surface area contributed by atoms with Gasteiger partial charge in [0.2, 0.25) is 5.91 Å². The Bertz CT molecular complexity index is 1120. The predicted octanol–water partition coefficient (Wildman–Crippen LogP) is 4.96. The fourth-order valence-electron chi connectivity index (χ4n) is 4.24. The van der Waals surface area contributed by atoms with E-state index in [1.165, 1.54) is 11.1 Å². The van der Waals surface area contributed by atoms with E-state index in [-0.39, 0.29) is 17.9 Å². The number of nitrogens with one attached hydrogen (secondary N) is 2. The van der Waals surface area contributed by atoms with Crippen LogP contribution < -0.4 is 15.5 Å². The van der Waals surface area contributed by atoms with Gasteiger partial charge >= 0.3 is 0 Å². The fourth-order valence-corrected chi connectivity index (χ4v) is 4.24. The third kappa shape index (κ3) is 5.80. The molecule has 0 saturated heterocycles. The quantitative estimate of drug-likeness (QED) is 0.545. The molecule has 3 aromatic carbocycles. The summed E-state index contributed by atoms with van der Waals surface area (Å²) in [5, 5.41) is 5.98. The lowest BCUT2D eigenvalue weighted by atomic mass is 9.98. The maximum atomic E-state index is 13.1. The standard InChI is InChI=1S/C28H31N3O2/c1-20(2)29-28(33)25-18-24(30-27(32)15-12-21-8-4-3-5-9-21)13-14-26(25)31-17-16-22-10-6-7-11-23(22)19-31/h3-11,13-14,18,20H,12,15-17,19H2,1-2H3,(H,29,33)(H,30,32). The van der Waals surface area contributed by atoms with Crippen LogP contribution in [0.25, 0.3) is 0 Å². The molecule has 0 aliphatic carbocycles. The SMILES string of the molecule is CC(C)NC(=O)c1cc(NC(=O)CCc2ccccc2)ccc1N1CCc2ccccc2C1. The minimum absolute atomic E-state index is 0.0246. The molecule has 1 aliphatic rings. The summed E-state index contributed by atoms with van der Waals surface area (Å²) >= 11 is 0. The number of carbonyl (C=O) groups excluding carboxylic acids is 2. The number of rotatable bonds is 7. The second-order valence-electron chi connectivity index (χ2n) is 8.83. The molecule has 0 spiro atoms. The Balaban J connectivity index is 1.52. The second kappa shape index (κ2) is 10.3. The number of anilines is 2. The number of carbonyl (C=O) groups is 2. The van der Waals surface area contributed by atoms with Crippen molar-refractivity contribution in [1.82, 2.24) is 5.32 Å². The molecule has 3 aromatic rings. The van der Waals surface area contributed by atoms with E-state index in [4.69, 9.17) is 0 Å². The zero-order valence-electron chi connectivity index (χ0n) is 19.3. The summed E-state index contributed by atoms with van der Waals surface area (Å²) in [6.45, 7) is 5.51. The molecular formula is C28H31N3O2. The molecular weight excluding hydrogens is 410 g/mol. The third-order valence-electron chi connectivity index (χ3n) is 5.90. The smallest absolute Gasteiger partial charge is 0.253 e. The molecule has 170 valence electrons. The molecule has 0 bridgehead atoms.